The van der Waals surface area contributed by atoms with Crippen LogP contribution in [0.15, 0.2) is 41.0 Å². The van der Waals surface area contributed by atoms with Crippen LogP contribution in [0.5, 0.6) is 0 Å². The Hall–Kier alpha value is -2.71. The topological polar surface area (TPSA) is 105 Å². The number of benzene rings is 1. The number of hydrogen-bond acceptors (Lipinski definition) is 7. The number of likely N-dealkylation sites (tertiary alicyclic amines) is 1. The predicted molar refractivity (Wildman–Crippen MR) is 103 cm³/mol. The summed E-state index contributed by atoms with van der Waals surface area (Å²) in [6.07, 6.45) is 0.758. The highest BCUT2D eigenvalue weighted by Crippen LogP contribution is 2.68. The molecule has 8 heteroatoms. The molecule has 2 aromatic rings. The molecule has 1 saturated heterocycles. The molecular weight excluding hydrogens is 374 g/mol. The molecule has 1 amide bonds. The molecule has 1 spiro atoms. The van der Waals surface area contributed by atoms with Crippen molar-refractivity contribution in [1.82, 2.24) is 15.2 Å². The Morgan fingerprint density at radius 2 is 2.14 bits per heavy atom. The van der Waals surface area contributed by atoms with Crippen LogP contribution >= 0.6 is 0 Å². The van der Waals surface area contributed by atoms with Crippen molar-refractivity contribution in [2.24, 2.45) is 11.3 Å². The largest absolute Gasteiger partial charge is 0.464 e. The summed E-state index contributed by atoms with van der Waals surface area (Å²) in [7, 11) is 1.29. The fourth-order valence-electron chi connectivity index (χ4n) is 4.84. The number of rotatable bonds is 6. The van der Waals surface area contributed by atoms with Gasteiger partial charge in [-0.15, -0.1) is 0 Å². The minimum absolute atomic E-state index is 0.0710. The van der Waals surface area contributed by atoms with E-state index >= 15 is 0 Å². The SMILES string of the molecule is COC(=O)c1coc(CN2C[C@H](O)[C@@]3(C2)[C@H](CNC(C)=O)[C@H]3c2ccccc2)n1. The molecule has 1 saturated carbocycles. The van der Waals surface area contributed by atoms with Gasteiger partial charge in [0.25, 0.3) is 0 Å². The first-order valence-corrected chi connectivity index (χ1v) is 9.68. The molecule has 154 valence electrons. The summed E-state index contributed by atoms with van der Waals surface area (Å²) in [6.45, 7) is 3.57. The molecule has 2 fully saturated rings. The van der Waals surface area contributed by atoms with Gasteiger partial charge in [0.1, 0.15) is 6.26 Å². The van der Waals surface area contributed by atoms with Crippen molar-refractivity contribution in [2.75, 3.05) is 26.7 Å². The monoisotopic (exact) mass is 399 g/mol. The van der Waals surface area contributed by atoms with Crippen molar-refractivity contribution in [1.29, 1.82) is 0 Å². The van der Waals surface area contributed by atoms with Crippen LogP contribution in [0.25, 0.3) is 0 Å². The number of carbonyl (C=O) groups excluding carboxylic acids is 2. The summed E-state index contributed by atoms with van der Waals surface area (Å²) in [5, 5.41) is 13.9. The number of methoxy groups -OCH3 is 1. The van der Waals surface area contributed by atoms with Crippen LogP contribution in [0.1, 0.15) is 34.8 Å². The van der Waals surface area contributed by atoms with Gasteiger partial charge in [-0.2, -0.15) is 0 Å². The molecular formula is C21H25N3O5. The average Bonchev–Trinajstić information content (AvgIpc) is 2.96. The van der Waals surface area contributed by atoms with E-state index in [1.807, 2.05) is 18.2 Å². The van der Waals surface area contributed by atoms with Gasteiger partial charge < -0.3 is 19.6 Å². The highest BCUT2D eigenvalue weighted by molar-refractivity contribution is 5.86. The standard InChI is InChI=1S/C21H25N3O5/c1-13(25)22-8-15-19(14-6-4-3-5-7-14)21(15)12-24(9-17(21)26)10-18-23-16(11-29-18)20(27)28-2/h3-7,11,15,17,19,26H,8-10,12H2,1-2H3,(H,22,25)/t15-,17+,19-,21-/m1/s1. The number of esters is 1. The Bertz CT molecular complexity index is 899. The van der Waals surface area contributed by atoms with Crippen molar-refractivity contribution < 1.29 is 23.8 Å². The molecule has 4 rings (SSSR count). The Kier molecular flexibility index (Phi) is 5.14. The number of aliphatic hydroxyl groups excluding tert-OH is 1. The Morgan fingerprint density at radius 1 is 1.38 bits per heavy atom. The molecule has 8 nitrogen and oxygen atoms in total. The lowest BCUT2D eigenvalue weighted by Crippen LogP contribution is -2.28. The Morgan fingerprint density at radius 3 is 2.83 bits per heavy atom. The molecule has 2 N–H and O–H groups in total. The van der Waals surface area contributed by atoms with Crippen LogP contribution in [0.2, 0.25) is 0 Å². The van der Waals surface area contributed by atoms with E-state index in [-0.39, 0.29) is 28.9 Å². The van der Waals surface area contributed by atoms with Crippen LogP contribution in [0, 0.1) is 11.3 Å². The van der Waals surface area contributed by atoms with E-state index in [0.29, 0.717) is 32.1 Å². The minimum Gasteiger partial charge on any atom is -0.464 e. The van der Waals surface area contributed by atoms with E-state index in [0.717, 1.165) is 0 Å². The number of oxazole rings is 1. The number of nitrogens with one attached hydrogen (secondary N) is 1. The highest BCUT2D eigenvalue weighted by atomic mass is 16.5. The second-order valence-electron chi connectivity index (χ2n) is 7.85. The molecule has 1 aromatic heterocycles. The Balaban J connectivity index is 1.51. The van der Waals surface area contributed by atoms with Crippen molar-refractivity contribution >= 4 is 11.9 Å². The molecule has 0 unspecified atom stereocenters. The van der Waals surface area contributed by atoms with Crippen molar-refractivity contribution in [3.05, 3.63) is 53.7 Å². The zero-order valence-electron chi connectivity index (χ0n) is 16.5. The molecule has 1 aliphatic heterocycles. The summed E-state index contributed by atoms with van der Waals surface area (Å²) in [6, 6.07) is 10.1. The van der Waals surface area contributed by atoms with Gasteiger partial charge in [0.2, 0.25) is 11.8 Å². The smallest absolute Gasteiger partial charge is 0.360 e. The second-order valence-corrected chi connectivity index (χ2v) is 7.85. The number of nitrogens with zero attached hydrogens (tertiary/aromatic N) is 2. The predicted octanol–water partition coefficient (Wildman–Crippen LogP) is 1.17. The highest BCUT2D eigenvalue weighted by Gasteiger charge is 2.70. The number of amides is 1. The van der Waals surface area contributed by atoms with Gasteiger partial charge in [0.15, 0.2) is 5.69 Å². The van der Waals surface area contributed by atoms with Crippen LogP contribution in [-0.4, -0.2) is 59.7 Å². The van der Waals surface area contributed by atoms with Gasteiger partial charge in [-0.25, -0.2) is 9.78 Å². The lowest BCUT2D eigenvalue weighted by atomic mass is 9.95. The zero-order chi connectivity index (χ0) is 20.6. The number of aliphatic hydroxyl groups is 1. The Labute approximate surface area is 168 Å². The summed E-state index contributed by atoms with van der Waals surface area (Å²) in [5.41, 5.74) is 0.989. The molecule has 2 heterocycles. The van der Waals surface area contributed by atoms with E-state index in [9.17, 15) is 14.7 Å². The third kappa shape index (κ3) is 3.54. The number of hydrogen-bond donors (Lipinski definition) is 2. The van der Waals surface area contributed by atoms with E-state index in [1.165, 1.54) is 25.9 Å². The van der Waals surface area contributed by atoms with Crippen LogP contribution in [0.3, 0.4) is 0 Å². The molecule has 1 aromatic carbocycles. The third-order valence-electron chi connectivity index (χ3n) is 6.15. The number of aromatic nitrogens is 1. The lowest BCUT2D eigenvalue weighted by molar-refractivity contribution is -0.119. The summed E-state index contributed by atoms with van der Waals surface area (Å²) in [4.78, 5) is 29.3. The normalized spacial score (nSPS) is 28.4. The number of ether oxygens (including phenoxy) is 1. The second kappa shape index (κ2) is 7.61. The van der Waals surface area contributed by atoms with E-state index in [2.05, 4.69) is 32.1 Å². The van der Waals surface area contributed by atoms with E-state index in [4.69, 9.17) is 4.42 Å². The van der Waals surface area contributed by atoms with Crippen LogP contribution in [0.4, 0.5) is 0 Å². The number of β-amino-alcohol motifs (C(OH)–C–C–N with tert-alkyl or cyclic N) is 1. The van der Waals surface area contributed by atoms with Gasteiger partial charge >= 0.3 is 5.97 Å². The van der Waals surface area contributed by atoms with E-state index in [1.54, 1.807) is 0 Å². The maximum absolute atomic E-state index is 11.6. The molecule has 2 aliphatic rings. The quantitative estimate of drug-likeness (QED) is 0.703. The van der Waals surface area contributed by atoms with Gasteiger partial charge in [-0.1, -0.05) is 30.3 Å². The molecule has 0 radical (unpaired) electrons. The maximum atomic E-state index is 11.6. The average molecular weight is 399 g/mol. The van der Waals surface area contributed by atoms with Crippen molar-refractivity contribution in [2.45, 2.75) is 25.5 Å². The van der Waals surface area contributed by atoms with Crippen molar-refractivity contribution in [3.63, 3.8) is 0 Å². The summed E-state index contributed by atoms with van der Waals surface area (Å²) >= 11 is 0. The van der Waals surface area contributed by atoms with Gasteiger partial charge in [-0.3, -0.25) is 9.69 Å². The summed E-state index contributed by atoms with van der Waals surface area (Å²) < 4.78 is 10.1. The molecule has 0 bridgehead atoms. The third-order valence-corrected chi connectivity index (χ3v) is 6.15. The fourth-order valence-corrected chi connectivity index (χ4v) is 4.84. The van der Waals surface area contributed by atoms with Gasteiger partial charge in [0.05, 0.1) is 19.8 Å². The van der Waals surface area contributed by atoms with Crippen molar-refractivity contribution in [3.8, 4) is 0 Å². The fraction of sp³-hybridized carbons (Fsp3) is 0.476. The first-order chi connectivity index (χ1) is 14.0. The molecule has 29 heavy (non-hydrogen) atoms. The van der Waals surface area contributed by atoms with Crippen LogP contribution < -0.4 is 5.32 Å². The van der Waals surface area contributed by atoms with E-state index < -0.39 is 12.1 Å². The van der Waals surface area contributed by atoms with Gasteiger partial charge in [-0.05, 0) is 17.4 Å². The first kappa shape index (κ1) is 19.6. The lowest BCUT2D eigenvalue weighted by Gasteiger charge is -2.15. The maximum Gasteiger partial charge on any atom is 0.360 e. The zero-order valence-corrected chi connectivity index (χ0v) is 16.5. The molecule has 1 aliphatic carbocycles. The number of carbonyl (C=O) groups is 2. The minimum atomic E-state index is -0.542. The van der Waals surface area contributed by atoms with Crippen LogP contribution in [-0.2, 0) is 16.1 Å². The van der Waals surface area contributed by atoms with Gasteiger partial charge in [0, 0.05) is 32.0 Å². The first-order valence-electron chi connectivity index (χ1n) is 9.68. The summed E-state index contributed by atoms with van der Waals surface area (Å²) in [5.74, 6) is 0.123. The molecule has 4 atom stereocenters.